The number of ketones is 1. The third-order valence-electron chi connectivity index (χ3n) is 5.10. The highest BCUT2D eigenvalue weighted by Gasteiger charge is 2.21. The van der Waals surface area contributed by atoms with Gasteiger partial charge < -0.3 is 9.88 Å². The normalized spacial score (nSPS) is 11.9. The van der Waals surface area contributed by atoms with Gasteiger partial charge in [0.25, 0.3) is 5.91 Å². The molecule has 4 aromatic rings. The number of hydrogen-bond acceptors (Lipinski definition) is 3. The minimum Gasteiger partial charge on any atom is -0.342 e. The second-order valence-corrected chi connectivity index (χ2v) is 7.40. The summed E-state index contributed by atoms with van der Waals surface area (Å²) in [5.74, 6) is 0.484. The van der Waals surface area contributed by atoms with Crippen molar-refractivity contribution in [3.05, 3.63) is 101 Å². The number of carbonyl (C=O) groups is 2. The van der Waals surface area contributed by atoms with E-state index in [1.165, 1.54) is 0 Å². The van der Waals surface area contributed by atoms with Gasteiger partial charge in [0.15, 0.2) is 5.78 Å². The van der Waals surface area contributed by atoms with Gasteiger partial charge in [0.05, 0.1) is 23.6 Å². The van der Waals surface area contributed by atoms with Gasteiger partial charge >= 0.3 is 0 Å². The maximum atomic E-state index is 12.9. The van der Waals surface area contributed by atoms with Gasteiger partial charge in [-0.25, -0.2) is 4.98 Å². The summed E-state index contributed by atoms with van der Waals surface area (Å²) in [5, 5.41) is 3.02. The fourth-order valence-corrected chi connectivity index (χ4v) is 3.58. The fraction of sp³-hybridized carbons (Fsp3) is 0.160. The summed E-state index contributed by atoms with van der Waals surface area (Å²) in [6, 6.07) is 24.0. The number of benzene rings is 3. The van der Waals surface area contributed by atoms with Crippen LogP contribution in [0.15, 0.2) is 78.9 Å². The van der Waals surface area contributed by atoms with Gasteiger partial charge in [0.2, 0.25) is 0 Å². The second-order valence-electron chi connectivity index (χ2n) is 7.40. The van der Waals surface area contributed by atoms with Crippen LogP contribution in [0.4, 0.5) is 0 Å². The minimum atomic E-state index is -0.367. The van der Waals surface area contributed by atoms with Gasteiger partial charge in [-0.05, 0) is 38.1 Å². The van der Waals surface area contributed by atoms with Crippen LogP contribution in [0.1, 0.15) is 45.1 Å². The molecule has 0 spiro atoms. The SMILES string of the molecule is Cc1cccc(C(=O)N[C@@H](C)c2nc3ccccc3n2CC(=O)c2ccccc2)c1. The Morgan fingerprint density at radius 3 is 2.40 bits per heavy atom. The topological polar surface area (TPSA) is 64.0 Å². The van der Waals surface area contributed by atoms with Crippen molar-refractivity contribution in [2.24, 2.45) is 0 Å². The molecule has 0 radical (unpaired) electrons. The van der Waals surface area contributed by atoms with E-state index in [1.54, 1.807) is 6.07 Å². The molecule has 150 valence electrons. The van der Waals surface area contributed by atoms with Gasteiger partial charge in [-0.1, -0.05) is 60.2 Å². The van der Waals surface area contributed by atoms with E-state index in [-0.39, 0.29) is 24.3 Å². The van der Waals surface area contributed by atoms with Crippen LogP contribution >= 0.6 is 0 Å². The number of imidazole rings is 1. The number of nitrogens with one attached hydrogen (secondary N) is 1. The largest absolute Gasteiger partial charge is 0.342 e. The molecule has 0 unspecified atom stereocenters. The van der Waals surface area contributed by atoms with E-state index in [4.69, 9.17) is 4.98 Å². The quantitative estimate of drug-likeness (QED) is 0.479. The minimum absolute atomic E-state index is 0.00258. The van der Waals surface area contributed by atoms with Gasteiger partial charge in [0.1, 0.15) is 5.82 Å². The van der Waals surface area contributed by atoms with Crippen molar-refractivity contribution in [2.75, 3.05) is 0 Å². The predicted molar refractivity (Wildman–Crippen MR) is 118 cm³/mol. The molecule has 0 saturated carbocycles. The van der Waals surface area contributed by atoms with Crippen LogP contribution < -0.4 is 5.32 Å². The van der Waals surface area contributed by atoms with Crippen LogP contribution in [0, 0.1) is 6.92 Å². The van der Waals surface area contributed by atoms with E-state index in [0.29, 0.717) is 17.0 Å². The zero-order valence-corrected chi connectivity index (χ0v) is 17.0. The standard InChI is InChI=1S/C25H23N3O2/c1-17-9-8-12-20(15-17)25(30)26-18(2)24-27-21-13-6-7-14-22(21)28(24)16-23(29)19-10-4-3-5-11-19/h3-15,18H,16H2,1-2H3,(H,26,30)/t18-/m0/s1. The summed E-state index contributed by atoms with van der Waals surface area (Å²) in [6.45, 7) is 4.00. The molecule has 5 heteroatoms. The highest BCUT2D eigenvalue weighted by Crippen LogP contribution is 2.22. The lowest BCUT2D eigenvalue weighted by Gasteiger charge is -2.16. The Kier molecular flexibility index (Phi) is 5.44. The van der Waals surface area contributed by atoms with Crippen molar-refractivity contribution in [1.82, 2.24) is 14.9 Å². The molecule has 30 heavy (non-hydrogen) atoms. The zero-order chi connectivity index (χ0) is 21.1. The molecule has 0 aliphatic heterocycles. The molecule has 0 fully saturated rings. The Bertz CT molecular complexity index is 1210. The number of fused-ring (bicyclic) bond motifs is 1. The number of rotatable bonds is 6. The molecule has 0 saturated heterocycles. The number of carbonyl (C=O) groups excluding carboxylic acids is 2. The highest BCUT2D eigenvalue weighted by molar-refractivity contribution is 5.97. The Hall–Kier alpha value is -3.73. The molecule has 0 aliphatic rings. The van der Waals surface area contributed by atoms with E-state index in [0.717, 1.165) is 16.6 Å². The Morgan fingerprint density at radius 1 is 0.933 bits per heavy atom. The first-order valence-corrected chi connectivity index (χ1v) is 9.94. The van der Waals surface area contributed by atoms with Crippen LogP contribution in [0.25, 0.3) is 11.0 Å². The predicted octanol–water partition coefficient (Wildman–Crippen LogP) is 4.72. The number of aryl methyl sites for hydroxylation is 1. The number of Topliss-reactive ketones (excluding diaryl/α,β-unsaturated/α-hetero) is 1. The van der Waals surface area contributed by atoms with Crippen LogP contribution in [0.3, 0.4) is 0 Å². The van der Waals surface area contributed by atoms with Crippen molar-refractivity contribution in [3.8, 4) is 0 Å². The lowest BCUT2D eigenvalue weighted by molar-refractivity contribution is 0.0937. The van der Waals surface area contributed by atoms with E-state index in [9.17, 15) is 9.59 Å². The summed E-state index contributed by atoms with van der Waals surface area (Å²) in [6.07, 6.45) is 0. The monoisotopic (exact) mass is 397 g/mol. The summed E-state index contributed by atoms with van der Waals surface area (Å²) >= 11 is 0. The average molecular weight is 397 g/mol. The molecule has 3 aromatic carbocycles. The highest BCUT2D eigenvalue weighted by atomic mass is 16.1. The maximum absolute atomic E-state index is 12.9. The van der Waals surface area contributed by atoms with Crippen molar-refractivity contribution < 1.29 is 9.59 Å². The van der Waals surface area contributed by atoms with Crippen molar-refractivity contribution in [3.63, 3.8) is 0 Å². The smallest absolute Gasteiger partial charge is 0.251 e. The summed E-state index contributed by atoms with van der Waals surface area (Å²) in [7, 11) is 0. The first-order chi connectivity index (χ1) is 14.5. The molecule has 1 N–H and O–H groups in total. The molecule has 1 atom stereocenters. The number of amides is 1. The zero-order valence-electron chi connectivity index (χ0n) is 17.0. The molecule has 1 heterocycles. The van der Waals surface area contributed by atoms with Crippen molar-refractivity contribution in [1.29, 1.82) is 0 Å². The van der Waals surface area contributed by atoms with Gasteiger partial charge in [0, 0.05) is 11.1 Å². The Labute approximate surface area is 175 Å². The number of para-hydroxylation sites is 2. The summed E-state index contributed by atoms with van der Waals surface area (Å²) in [4.78, 5) is 30.3. The Balaban J connectivity index is 1.65. The lowest BCUT2D eigenvalue weighted by atomic mass is 10.1. The molecular formula is C25H23N3O2. The van der Waals surface area contributed by atoms with Crippen LogP contribution in [0.2, 0.25) is 0 Å². The fourth-order valence-electron chi connectivity index (χ4n) is 3.58. The van der Waals surface area contributed by atoms with E-state index in [2.05, 4.69) is 5.32 Å². The first-order valence-electron chi connectivity index (χ1n) is 9.94. The van der Waals surface area contributed by atoms with E-state index < -0.39 is 0 Å². The van der Waals surface area contributed by atoms with Gasteiger partial charge in [-0.15, -0.1) is 0 Å². The Morgan fingerprint density at radius 2 is 1.63 bits per heavy atom. The van der Waals surface area contributed by atoms with Crippen molar-refractivity contribution >= 4 is 22.7 Å². The molecule has 1 amide bonds. The van der Waals surface area contributed by atoms with Crippen LogP contribution in [-0.2, 0) is 6.54 Å². The van der Waals surface area contributed by atoms with Gasteiger partial charge in [-0.3, -0.25) is 9.59 Å². The summed E-state index contributed by atoms with van der Waals surface area (Å²) in [5.41, 5.74) is 3.94. The van der Waals surface area contributed by atoms with E-state index >= 15 is 0 Å². The average Bonchev–Trinajstić information content (AvgIpc) is 3.13. The second kappa shape index (κ2) is 8.33. The first kappa shape index (κ1) is 19.6. The van der Waals surface area contributed by atoms with Crippen LogP contribution in [0.5, 0.6) is 0 Å². The number of aromatic nitrogens is 2. The molecule has 5 nitrogen and oxygen atoms in total. The molecule has 0 aliphatic carbocycles. The van der Waals surface area contributed by atoms with E-state index in [1.807, 2.05) is 91.2 Å². The molecule has 0 bridgehead atoms. The molecular weight excluding hydrogens is 374 g/mol. The summed E-state index contributed by atoms with van der Waals surface area (Å²) < 4.78 is 1.89. The molecule has 4 rings (SSSR count). The number of hydrogen-bond donors (Lipinski definition) is 1. The van der Waals surface area contributed by atoms with Crippen LogP contribution in [-0.4, -0.2) is 21.2 Å². The third kappa shape index (κ3) is 4.01. The number of nitrogens with zero attached hydrogens (tertiary/aromatic N) is 2. The maximum Gasteiger partial charge on any atom is 0.251 e. The lowest BCUT2D eigenvalue weighted by Crippen LogP contribution is -2.29. The third-order valence-corrected chi connectivity index (χ3v) is 5.10. The van der Waals surface area contributed by atoms with Crippen molar-refractivity contribution in [2.45, 2.75) is 26.4 Å². The van der Waals surface area contributed by atoms with Gasteiger partial charge in [-0.2, -0.15) is 0 Å². The molecule has 1 aromatic heterocycles.